The monoisotopic (exact) mass is 431 g/mol. The molecule has 1 aliphatic carbocycles. The van der Waals surface area contributed by atoms with E-state index in [4.69, 9.17) is 9.47 Å². The van der Waals surface area contributed by atoms with Crippen molar-refractivity contribution in [1.29, 1.82) is 0 Å². The van der Waals surface area contributed by atoms with E-state index in [0.29, 0.717) is 5.56 Å². The van der Waals surface area contributed by atoms with E-state index in [9.17, 15) is 24.6 Å². The van der Waals surface area contributed by atoms with Crippen LogP contribution in [0.25, 0.3) is 6.08 Å². The maximum Gasteiger partial charge on any atom is 0.235 e. The van der Waals surface area contributed by atoms with E-state index in [1.54, 1.807) is 31.5 Å². The Labute approximate surface area is 182 Å². The Morgan fingerprint density at radius 3 is 2.59 bits per heavy atom. The Balaban J connectivity index is 1.72. The number of aliphatic hydroxyl groups excluding tert-OH is 1. The van der Waals surface area contributed by atoms with Crippen LogP contribution in [0.5, 0.6) is 17.2 Å². The SMILES string of the molecule is CC(=O)C1=C(O)C=C2Oc3c4c(c(C)c(O)c3[C@@]2(C)C1=O)O/C(=C\c1cccnc1)C4=O. The molecule has 1 atom stereocenters. The summed E-state index contributed by atoms with van der Waals surface area (Å²) in [5.74, 6) is -2.49. The fraction of sp³-hybridized carbons (Fsp3) is 0.167. The van der Waals surface area contributed by atoms with Crippen molar-refractivity contribution in [3.8, 4) is 17.2 Å². The van der Waals surface area contributed by atoms with Crippen LogP contribution < -0.4 is 9.47 Å². The van der Waals surface area contributed by atoms with Crippen LogP contribution in [-0.2, 0) is 15.0 Å². The first-order chi connectivity index (χ1) is 15.2. The highest BCUT2D eigenvalue weighted by Gasteiger charge is 2.56. The van der Waals surface area contributed by atoms with Gasteiger partial charge in [0.05, 0.1) is 5.56 Å². The molecule has 0 spiro atoms. The van der Waals surface area contributed by atoms with Gasteiger partial charge in [0.2, 0.25) is 5.78 Å². The van der Waals surface area contributed by atoms with E-state index >= 15 is 0 Å². The van der Waals surface area contributed by atoms with Gasteiger partial charge in [-0.3, -0.25) is 19.4 Å². The molecule has 1 aromatic carbocycles. The third-order valence-corrected chi connectivity index (χ3v) is 6.02. The Morgan fingerprint density at radius 1 is 1.19 bits per heavy atom. The minimum absolute atomic E-state index is 0.0122. The van der Waals surface area contributed by atoms with Crippen LogP contribution in [0.3, 0.4) is 0 Å². The second-order valence-electron chi connectivity index (χ2n) is 7.99. The highest BCUT2D eigenvalue weighted by Crippen LogP contribution is 2.59. The van der Waals surface area contributed by atoms with Gasteiger partial charge in [0.1, 0.15) is 39.6 Å². The summed E-state index contributed by atoms with van der Waals surface area (Å²) >= 11 is 0. The van der Waals surface area contributed by atoms with Crippen LogP contribution in [0.1, 0.15) is 40.9 Å². The highest BCUT2D eigenvalue weighted by atomic mass is 16.5. The number of pyridine rings is 1. The van der Waals surface area contributed by atoms with Crippen LogP contribution in [0, 0.1) is 6.92 Å². The van der Waals surface area contributed by atoms with Crippen LogP contribution in [-0.4, -0.2) is 32.5 Å². The number of fused-ring (bicyclic) bond motifs is 5. The second-order valence-corrected chi connectivity index (χ2v) is 7.99. The number of carbonyl (C=O) groups is 3. The quantitative estimate of drug-likeness (QED) is 0.549. The number of allylic oxidation sites excluding steroid dienone is 4. The zero-order chi connectivity index (χ0) is 22.9. The molecule has 0 radical (unpaired) electrons. The summed E-state index contributed by atoms with van der Waals surface area (Å²) in [6, 6.07) is 3.47. The fourth-order valence-electron chi connectivity index (χ4n) is 4.34. The molecule has 0 amide bonds. The number of nitrogens with zero attached hydrogens (tertiary/aromatic N) is 1. The Kier molecular flexibility index (Phi) is 3.95. The Morgan fingerprint density at radius 2 is 1.94 bits per heavy atom. The normalized spacial score (nSPS) is 22.2. The molecule has 0 fully saturated rings. The van der Waals surface area contributed by atoms with Crippen molar-refractivity contribution >= 4 is 23.4 Å². The molecule has 2 aromatic rings. The molecule has 0 saturated carbocycles. The number of aromatic hydroxyl groups is 1. The minimum Gasteiger partial charge on any atom is -0.507 e. The molecule has 8 nitrogen and oxygen atoms in total. The van der Waals surface area contributed by atoms with Crippen LogP contribution in [0.2, 0.25) is 0 Å². The maximum atomic E-state index is 13.3. The van der Waals surface area contributed by atoms with Crippen molar-refractivity contribution in [3.63, 3.8) is 0 Å². The molecule has 2 aliphatic heterocycles. The topological polar surface area (TPSA) is 123 Å². The van der Waals surface area contributed by atoms with Gasteiger partial charge in [-0.1, -0.05) is 6.07 Å². The standard InChI is InChI=1S/C24H17NO7/c1-10-19(28)18-22(32-15-8-13(27)16(11(2)26)23(30)24(15,18)3)17-20(29)14(31-21(10)17)7-12-5-4-6-25-9-12/h4-9,27-28H,1-3H3/b14-7-/t24-/m0/s1. The summed E-state index contributed by atoms with van der Waals surface area (Å²) in [4.78, 5) is 42.6. The van der Waals surface area contributed by atoms with Crippen molar-refractivity contribution in [2.24, 2.45) is 0 Å². The lowest BCUT2D eigenvalue weighted by Crippen LogP contribution is -2.38. The van der Waals surface area contributed by atoms with Crippen LogP contribution in [0.15, 0.2) is 53.5 Å². The first-order valence-electron chi connectivity index (χ1n) is 9.79. The molecule has 0 unspecified atom stereocenters. The summed E-state index contributed by atoms with van der Waals surface area (Å²) in [5, 5.41) is 21.3. The summed E-state index contributed by atoms with van der Waals surface area (Å²) in [7, 11) is 0. The Bertz CT molecular complexity index is 1360. The number of carbonyl (C=O) groups excluding carboxylic acids is 3. The lowest BCUT2D eigenvalue weighted by atomic mass is 9.71. The lowest BCUT2D eigenvalue weighted by molar-refractivity contribution is -0.123. The third-order valence-electron chi connectivity index (χ3n) is 6.02. The number of ether oxygens (including phenoxy) is 2. The summed E-state index contributed by atoms with van der Waals surface area (Å²) < 4.78 is 11.6. The largest absolute Gasteiger partial charge is 0.507 e. The summed E-state index contributed by atoms with van der Waals surface area (Å²) in [6.07, 6.45) is 5.86. The third kappa shape index (κ3) is 2.37. The summed E-state index contributed by atoms with van der Waals surface area (Å²) in [5.41, 5.74) is -0.937. The first-order valence-corrected chi connectivity index (χ1v) is 9.79. The molecular formula is C24H17NO7. The van der Waals surface area contributed by atoms with E-state index in [2.05, 4.69) is 4.98 Å². The smallest absolute Gasteiger partial charge is 0.235 e. The van der Waals surface area contributed by atoms with Crippen molar-refractivity contribution in [3.05, 3.63) is 75.7 Å². The average molecular weight is 431 g/mol. The molecule has 32 heavy (non-hydrogen) atoms. The minimum atomic E-state index is -1.58. The zero-order valence-electron chi connectivity index (χ0n) is 17.3. The van der Waals surface area contributed by atoms with Crippen LogP contribution >= 0.6 is 0 Å². The van der Waals surface area contributed by atoms with Gasteiger partial charge >= 0.3 is 0 Å². The number of phenolic OH excluding ortho intramolecular Hbond substituents is 1. The van der Waals surface area contributed by atoms with Gasteiger partial charge in [0.25, 0.3) is 0 Å². The lowest BCUT2D eigenvalue weighted by Gasteiger charge is -2.27. The number of benzene rings is 1. The van der Waals surface area contributed by atoms with E-state index in [-0.39, 0.29) is 51.0 Å². The molecule has 5 rings (SSSR count). The van der Waals surface area contributed by atoms with Crippen molar-refractivity contribution in [1.82, 2.24) is 4.98 Å². The zero-order valence-corrected chi connectivity index (χ0v) is 17.3. The maximum absolute atomic E-state index is 13.3. The average Bonchev–Trinajstić information content (AvgIpc) is 3.22. The number of Topliss-reactive ketones (excluding diaryl/α,β-unsaturated/α-hetero) is 3. The molecule has 0 saturated heterocycles. The van der Waals surface area contributed by atoms with Gasteiger partial charge in [-0.2, -0.15) is 0 Å². The number of hydrogen-bond acceptors (Lipinski definition) is 8. The van der Waals surface area contributed by atoms with E-state index < -0.39 is 28.5 Å². The van der Waals surface area contributed by atoms with E-state index in [0.717, 1.165) is 0 Å². The summed E-state index contributed by atoms with van der Waals surface area (Å²) in [6.45, 7) is 4.22. The van der Waals surface area contributed by atoms with Gasteiger partial charge < -0.3 is 19.7 Å². The van der Waals surface area contributed by atoms with Crippen molar-refractivity contribution < 1.29 is 34.1 Å². The van der Waals surface area contributed by atoms with Gasteiger partial charge in [-0.15, -0.1) is 0 Å². The fourth-order valence-corrected chi connectivity index (χ4v) is 4.34. The van der Waals surface area contributed by atoms with Crippen molar-refractivity contribution in [2.45, 2.75) is 26.2 Å². The number of rotatable bonds is 2. The number of aliphatic hydroxyl groups is 1. The second kappa shape index (κ2) is 6.40. The Hall–Kier alpha value is -4.20. The van der Waals surface area contributed by atoms with E-state index in [1.165, 1.54) is 26.0 Å². The van der Waals surface area contributed by atoms with Crippen LogP contribution in [0.4, 0.5) is 0 Å². The van der Waals surface area contributed by atoms with E-state index in [1.807, 2.05) is 0 Å². The van der Waals surface area contributed by atoms with Crippen molar-refractivity contribution in [2.75, 3.05) is 0 Å². The molecule has 3 heterocycles. The highest BCUT2D eigenvalue weighted by molar-refractivity contribution is 6.26. The number of aromatic nitrogens is 1. The first kappa shape index (κ1) is 19.7. The van der Waals surface area contributed by atoms with Gasteiger partial charge in [-0.05, 0) is 38.5 Å². The molecule has 8 heteroatoms. The molecule has 3 aliphatic rings. The molecule has 0 bridgehead atoms. The van der Waals surface area contributed by atoms with Gasteiger partial charge in [0, 0.05) is 24.0 Å². The predicted molar refractivity (Wildman–Crippen MR) is 111 cm³/mol. The number of phenols is 1. The number of hydrogen-bond donors (Lipinski definition) is 2. The van der Waals surface area contributed by atoms with Gasteiger partial charge in [0.15, 0.2) is 23.1 Å². The molecule has 1 aromatic heterocycles. The molecular weight excluding hydrogens is 414 g/mol. The van der Waals surface area contributed by atoms with Gasteiger partial charge in [-0.25, -0.2) is 0 Å². The number of ketones is 3. The molecule has 160 valence electrons. The predicted octanol–water partition coefficient (Wildman–Crippen LogP) is 3.23. The molecule has 2 N–H and O–H groups in total.